The summed E-state index contributed by atoms with van der Waals surface area (Å²) >= 11 is 0. The van der Waals surface area contributed by atoms with Crippen LogP contribution >= 0.6 is 0 Å². The number of rotatable bonds is 5. The van der Waals surface area contributed by atoms with E-state index in [0.29, 0.717) is 19.4 Å². The third kappa shape index (κ3) is 3.73. The predicted molar refractivity (Wildman–Crippen MR) is 99.8 cm³/mol. The van der Waals surface area contributed by atoms with E-state index in [2.05, 4.69) is 5.10 Å². The Morgan fingerprint density at radius 3 is 2.52 bits per heavy atom. The maximum Gasteiger partial charge on any atom is 0.332 e. The Balaban J connectivity index is 1.77. The van der Waals surface area contributed by atoms with Gasteiger partial charge >= 0.3 is 5.97 Å². The highest BCUT2D eigenvalue weighted by Gasteiger charge is 2.36. The molecule has 0 unspecified atom stereocenters. The quantitative estimate of drug-likeness (QED) is 0.872. The summed E-state index contributed by atoms with van der Waals surface area (Å²) in [5.74, 6) is -1.21. The molecule has 0 saturated carbocycles. The van der Waals surface area contributed by atoms with Gasteiger partial charge in [0.2, 0.25) is 0 Å². The van der Waals surface area contributed by atoms with Gasteiger partial charge in [0.05, 0.1) is 11.4 Å². The Morgan fingerprint density at radius 2 is 1.89 bits per heavy atom. The SMILES string of the molecule is Cc1ccccc1-n1nc(C)c(CN(C)C(=O)[C@@H]2CC[C@H](C(=O)O)O2)c1C. The minimum Gasteiger partial charge on any atom is -0.479 e. The second-order valence-electron chi connectivity index (χ2n) is 7.07. The first-order valence-corrected chi connectivity index (χ1v) is 9.04. The third-order valence-corrected chi connectivity index (χ3v) is 5.13. The Morgan fingerprint density at radius 1 is 1.22 bits per heavy atom. The van der Waals surface area contributed by atoms with Crippen molar-refractivity contribution in [2.24, 2.45) is 0 Å². The first-order chi connectivity index (χ1) is 12.8. The van der Waals surface area contributed by atoms with Gasteiger partial charge in [0.25, 0.3) is 5.91 Å². The molecule has 0 spiro atoms. The molecule has 1 aliphatic heterocycles. The molecule has 7 heteroatoms. The lowest BCUT2D eigenvalue weighted by Gasteiger charge is -2.21. The highest BCUT2D eigenvalue weighted by atomic mass is 16.5. The minimum atomic E-state index is -1.01. The van der Waals surface area contributed by atoms with Crippen molar-refractivity contribution in [1.82, 2.24) is 14.7 Å². The summed E-state index contributed by atoms with van der Waals surface area (Å²) in [6.45, 7) is 6.37. The van der Waals surface area contributed by atoms with Crippen molar-refractivity contribution in [2.45, 2.75) is 52.4 Å². The summed E-state index contributed by atoms with van der Waals surface area (Å²) in [5.41, 5.74) is 4.98. The smallest absolute Gasteiger partial charge is 0.332 e. The van der Waals surface area contributed by atoms with Crippen LogP contribution in [-0.2, 0) is 20.9 Å². The lowest BCUT2D eigenvalue weighted by atomic mass is 10.1. The van der Waals surface area contributed by atoms with E-state index in [0.717, 1.165) is 28.2 Å². The van der Waals surface area contributed by atoms with E-state index in [1.165, 1.54) is 0 Å². The van der Waals surface area contributed by atoms with Gasteiger partial charge in [-0.25, -0.2) is 9.48 Å². The van der Waals surface area contributed by atoms with E-state index in [1.807, 2.05) is 49.7 Å². The fraction of sp³-hybridized carbons (Fsp3) is 0.450. The maximum absolute atomic E-state index is 12.7. The highest BCUT2D eigenvalue weighted by Crippen LogP contribution is 2.24. The summed E-state index contributed by atoms with van der Waals surface area (Å²) in [7, 11) is 1.71. The standard InChI is InChI=1S/C20H25N3O4/c1-12-7-5-6-8-16(12)23-14(3)15(13(2)21-23)11-22(4)19(24)17-9-10-18(27-17)20(25)26/h5-8,17-18H,9-11H2,1-4H3,(H,25,26)/t17-,18+/m0/s1. The van der Waals surface area contributed by atoms with Crippen LogP contribution in [-0.4, -0.2) is 50.9 Å². The molecule has 27 heavy (non-hydrogen) atoms. The number of ether oxygens (including phenoxy) is 1. The molecule has 2 atom stereocenters. The van der Waals surface area contributed by atoms with Crippen LogP contribution in [0.15, 0.2) is 24.3 Å². The Bertz CT molecular complexity index is 874. The Hall–Kier alpha value is -2.67. The monoisotopic (exact) mass is 371 g/mol. The molecule has 0 aliphatic carbocycles. The van der Waals surface area contributed by atoms with Crippen molar-refractivity contribution in [3.8, 4) is 5.69 Å². The molecular formula is C20H25N3O4. The number of aliphatic carboxylic acids is 1. The van der Waals surface area contributed by atoms with Gasteiger partial charge in [0.15, 0.2) is 6.10 Å². The van der Waals surface area contributed by atoms with Crippen LogP contribution in [0.25, 0.3) is 5.69 Å². The van der Waals surface area contributed by atoms with Gasteiger partial charge < -0.3 is 14.7 Å². The molecule has 1 aromatic heterocycles. The average molecular weight is 371 g/mol. The van der Waals surface area contributed by atoms with Gasteiger partial charge in [-0.1, -0.05) is 18.2 Å². The van der Waals surface area contributed by atoms with Gasteiger partial charge in [-0.15, -0.1) is 0 Å². The number of carbonyl (C=O) groups excluding carboxylic acids is 1. The predicted octanol–water partition coefficient (Wildman–Crippen LogP) is 2.39. The second-order valence-corrected chi connectivity index (χ2v) is 7.07. The molecule has 1 aromatic carbocycles. The van der Waals surface area contributed by atoms with Gasteiger partial charge in [0.1, 0.15) is 6.10 Å². The molecule has 1 saturated heterocycles. The van der Waals surface area contributed by atoms with Crippen molar-refractivity contribution in [2.75, 3.05) is 7.05 Å². The lowest BCUT2D eigenvalue weighted by Crippen LogP contribution is -2.37. The molecule has 1 aliphatic rings. The van der Waals surface area contributed by atoms with Crippen molar-refractivity contribution < 1.29 is 19.4 Å². The summed E-state index contributed by atoms with van der Waals surface area (Å²) in [4.78, 5) is 25.3. The zero-order valence-electron chi connectivity index (χ0n) is 16.1. The number of hydrogen-bond donors (Lipinski definition) is 1. The lowest BCUT2D eigenvalue weighted by molar-refractivity contribution is -0.154. The molecule has 7 nitrogen and oxygen atoms in total. The van der Waals surface area contributed by atoms with E-state index in [1.54, 1.807) is 11.9 Å². The molecule has 2 heterocycles. The van der Waals surface area contributed by atoms with E-state index in [4.69, 9.17) is 9.84 Å². The zero-order chi connectivity index (χ0) is 19.7. The average Bonchev–Trinajstić information content (AvgIpc) is 3.22. The van der Waals surface area contributed by atoms with Crippen LogP contribution in [0.1, 0.15) is 35.4 Å². The van der Waals surface area contributed by atoms with Gasteiger partial charge in [0, 0.05) is 24.8 Å². The van der Waals surface area contributed by atoms with Crippen LogP contribution in [0.2, 0.25) is 0 Å². The van der Waals surface area contributed by atoms with Gasteiger partial charge in [-0.3, -0.25) is 4.79 Å². The number of aryl methyl sites for hydroxylation is 2. The number of carboxylic acid groups (broad SMARTS) is 1. The number of hydrogen-bond acceptors (Lipinski definition) is 4. The zero-order valence-corrected chi connectivity index (χ0v) is 16.1. The molecule has 0 bridgehead atoms. The molecule has 3 rings (SSSR count). The Labute approximate surface area is 158 Å². The summed E-state index contributed by atoms with van der Waals surface area (Å²) in [6.07, 6.45) is -0.786. The number of para-hydroxylation sites is 1. The first kappa shape index (κ1) is 19.1. The fourth-order valence-corrected chi connectivity index (χ4v) is 3.50. The van der Waals surface area contributed by atoms with Crippen LogP contribution in [0.4, 0.5) is 0 Å². The number of nitrogens with zero attached hydrogens (tertiary/aromatic N) is 3. The van der Waals surface area contributed by atoms with Gasteiger partial charge in [-0.05, 0) is 45.2 Å². The highest BCUT2D eigenvalue weighted by molar-refractivity contribution is 5.82. The van der Waals surface area contributed by atoms with Crippen molar-refractivity contribution in [3.05, 3.63) is 46.8 Å². The molecule has 144 valence electrons. The topological polar surface area (TPSA) is 84.7 Å². The van der Waals surface area contributed by atoms with E-state index >= 15 is 0 Å². The van der Waals surface area contributed by atoms with Crippen LogP contribution < -0.4 is 0 Å². The molecule has 0 radical (unpaired) electrons. The number of carboxylic acids is 1. The second kappa shape index (κ2) is 7.52. The molecule has 1 N–H and O–H groups in total. The first-order valence-electron chi connectivity index (χ1n) is 9.04. The third-order valence-electron chi connectivity index (χ3n) is 5.13. The van der Waals surface area contributed by atoms with Crippen LogP contribution in [0.3, 0.4) is 0 Å². The maximum atomic E-state index is 12.7. The van der Waals surface area contributed by atoms with Crippen LogP contribution in [0, 0.1) is 20.8 Å². The summed E-state index contributed by atoms with van der Waals surface area (Å²) in [5, 5.41) is 13.7. The molecular weight excluding hydrogens is 346 g/mol. The number of amides is 1. The molecule has 2 aromatic rings. The van der Waals surface area contributed by atoms with Crippen LogP contribution in [0.5, 0.6) is 0 Å². The number of benzene rings is 1. The summed E-state index contributed by atoms with van der Waals surface area (Å²) in [6, 6.07) is 8.03. The van der Waals surface area contributed by atoms with Crippen molar-refractivity contribution in [1.29, 1.82) is 0 Å². The normalized spacial score (nSPS) is 19.3. The van der Waals surface area contributed by atoms with Crippen molar-refractivity contribution in [3.63, 3.8) is 0 Å². The number of aromatic nitrogens is 2. The summed E-state index contributed by atoms with van der Waals surface area (Å²) < 4.78 is 7.29. The van der Waals surface area contributed by atoms with Gasteiger partial charge in [-0.2, -0.15) is 5.10 Å². The minimum absolute atomic E-state index is 0.193. The van der Waals surface area contributed by atoms with E-state index in [-0.39, 0.29) is 5.91 Å². The fourth-order valence-electron chi connectivity index (χ4n) is 3.50. The largest absolute Gasteiger partial charge is 0.479 e. The molecule has 1 fully saturated rings. The molecule has 1 amide bonds. The number of likely N-dealkylation sites (N-methyl/N-ethyl adjacent to an activating group) is 1. The van der Waals surface area contributed by atoms with E-state index < -0.39 is 18.2 Å². The van der Waals surface area contributed by atoms with Crippen molar-refractivity contribution >= 4 is 11.9 Å². The van der Waals surface area contributed by atoms with E-state index in [9.17, 15) is 9.59 Å². The Kier molecular flexibility index (Phi) is 5.32. The number of carbonyl (C=O) groups is 2.